The van der Waals surface area contributed by atoms with Crippen molar-refractivity contribution in [2.45, 2.75) is 33.1 Å². The second-order valence-corrected chi connectivity index (χ2v) is 6.50. The first kappa shape index (κ1) is 20.3. The van der Waals surface area contributed by atoms with E-state index in [-0.39, 0.29) is 0 Å². The van der Waals surface area contributed by atoms with Gasteiger partial charge >= 0.3 is 12.2 Å². The van der Waals surface area contributed by atoms with Crippen molar-refractivity contribution in [2.75, 3.05) is 22.9 Å². The van der Waals surface area contributed by atoms with E-state index in [1.165, 1.54) is 9.80 Å². The van der Waals surface area contributed by atoms with Gasteiger partial charge in [-0.25, -0.2) is 9.59 Å². The van der Waals surface area contributed by atoms with E-state index in [1.807, 2.05) is 50.2 Å². The van der Waals surface area contributed by atoms with Gasteiger partial charge in [-0.15, -0.1) is 0 Å². The molecule has 0 fully saturated rings. The van der Waals surface area contributed by atoms with Crippen LogP contribution in [0.25, 0.3) is 0 Å². The van der Waals surface area contributed by atoms with Crippen LogP contribution in [0.3, 0.4) is 0 Å². The van der Waals surface area contributed by atoms with E-state index in [1.54, 1.807) is 12.1 Å². The molecule has 2 amide bonds. The van der Waals surface area contributed by atoms with Gasteiger partial charge in [0.2, 0.25) is 0 Å². The van der Waals surface area contributed by atoms with E-state index < -0.39 is 12.2 Å². The molecule has 0 bridgehead atoms. The van der Waals surface area contributed by atoms with Crippen molar-refractivity contribution in [1.29, 1.82) is 0 Å². The summed E-state index contributed by atoms with van der Waals surface area (Å²) < 4.78 is 0. The fourth-order valence-corrected chi connectivity index (χ4v) is 3.09. The molecule has 0 heterocycles. The summed E-state index contributed by atoms with van der Waals surface area (Å²) in [7, 11) is 0. The lowest BCUT2D eigenvalue weighted by Crippen LogP contribution is -2.32. The summed E-state index contributed by atoms with van der Waals surface area (Å²) in [5, 5.41) is 19.0. The van der Waals surface area contributed by atoms with Crippen LogP contribution in [0.4, 0.5) is 21.0 Å². The Labute approximate surface area is 159 Å². The molecule has 0 aliphatic heterocycles. The van der Waals surface area contributed by atoms with Crippen LogP contribution in [0.2, 0.25) is 0 Å². The van der Waals surface area contributed by atoms with Crippen molar-refractivity contribution >= 4 is 23.6 Å². The number of hydrogen-bond acceptors (Lipinski definition) is 2. The molecule has 6 nitrogen and oxygen atoms in total. The average molecular weight is 370 g/mol. The normalized spacial score (nSPS) is 10.4. The Kier molecular flexibility index (Phi) is 7.23. The molecule has 0 unspecified atom stereocenters. The van der Waals surface area contributed by atoms with Crippen LogP contribution in [0.5, 0.6) is 0 Å². The number of carbonyl (C=O) groups is 2. The van der Waals surface area contributed by atoms with Gasteiger partial charge in [-0.05, 0) is 56.4 Å². The van der Waals surface area contributed by atoms with Crippen molar-refractivity contribution in [3.05, 3.63) is 59.7 Å². The number of anilines is 2. The molecule has 144 valence electrons. The number of para-hydroxylation sites is 2. The lowest BCUT2D eigenvalue weighted by atomic mass is 10.1. The van der Waals surface area contributed by atoms with E-state index in [0.29, 0.717) is 37.3 Å². The Morgan fingerprint density at radius 2 is 1.07 bits per heavy atom. The molecule has 0 saturated heterocycles. The molecule has 2 rings (SSSR count). The summed E-state index contributed by atoms with van der Waals surface area (Å²) in [4.78, 5) is 25.9. The van der Waals surface area contributed by atoms with Crippen LogP contribution in [-0.2, 0) is 0 Å². The van der Waals surface area contributed by atoms with Crippen LogP contribution >= 0.6 is 0 Å². The molecule has 0 aromatic heterocycles. The summed E-state index contributed by atoms with van der Waals surface area (Å²) in [6.45, 7) is 4.55. The van der Waals surface area contributed by atoms with Gasteiger partial charge in [-0.2, -0.15) is 0 Å². The third-order valence-electron chi connectivity index (χ3n) is 4.54. The summed E-state index contributed by atoms with van der Waals surface area (Å²) in [6, 6.07) is 14.8. The van der Waals surface area contributed by atoms with E-state index >= 15 is 0 Å². The smallest absolute Gasteiger partial charge is 0.411 e. The lowest BCUT2D eigenvalue weighted by molar-refractivity contribution is 0.201. The average Bonchev–Trinajstić information content (AvgIpc) is 2.62. The first-order chi connectivity index (χ1) is 12.9. The van der Waals surface area contributed by atoms with Gasteiger partial charge in [0.25, 0.3) is 0 Å². The standard InChI is InChI=1S/C21H26N2O4/c1-16-10-4-6-12-18(16)22(20(24)25)14-8-3-9-15-23(21(26)27)19-13-7-5-11-17(19)2/h4-7,10-13H,3,8-9,14-15H2,1-2H3,(H,24,25)(H,26,27). The molecule has 0 saturated carbocycles. The van der Waals surface area contributed by atoms with Gasteiger partial charge in [0.1, 0.15) is 0 Å². The number of carboxylic acid groups (broad SMARTS) is 2. The maximum absolute atomic E-state index is 11.6. The van der Waals surface area contributed by atoms with E-state index in [0.717, 1.165) is 17.5 Å². The summed E-state index contributed by atoms with van der Waals surface area (Å²) in [6.07, 6.45) is 0.127. The molecular formula is C21H26N2O4. The first-order valence-corrected chi connectivity index (χ1v) is 9.04. The molecule has 2 aromatic carbocycles. The Morgan fingerprint density at radius 3 is 1.41 bits per heavy atom. The van der Waals surface area contributed by atoms with Crippen molar-refractivity contribution in [3.63, 3.8) is 0 Å². The van der Waals surface area contributed by atoms with Gasteiger partial charge in [-0.3, -0.25) is 9.80 Å². The minimum Gasteiger partial charge on any atom is -0.465 e. The Balaban J connectivity index is 1.89. The summed E-state index contributed by atoms with van der Waals surface area (Å²) in [5.74, 6) is 0. The van der Waals surface area contributed by atoms with Gasteiger partial charge in [-0.1, -0.05) is 36.4 Å². The highest BCUT2D eigenvalue weighted by Gasteiger charge is 2.17. The Bertz CT molecular complexity index is 726. The highest BCUT2D eigenvalue weighted by Crippen LogP contribution is 2.22. The highest BCUT2D eigenvalue weighted by molar-refractivity contribution is 5.87. The van der Waals surface area contributed by atoms with E-state index in [4.69, 9.17) is 0 Å². The van der Waals surface area contributed by atoms with Crippen LogP contribution in [0.15, 0.2) is 48.5 Å². The summed E-state index contributed by atoms with van der Waals surface area (Å²) >= 11 is 0. The molecule has 27 heavy (non-hydrogen) atoms. The second kappa shape index (κ2) is 9.62. The lowest BCUT2D eigenvalue weighted by Gasteiger charge is -2.23. The first-order valence-electron chi connectivity index (χ1n) is 9.04. The molecule has 0 atom stereocenters. The maximum atomic E-state index is 11.6. The fourth-order valence-electron chi connectivity index (χ4n) is 3.09. The molecular weight excluding hydrogens is 344 g/mol. The second-order valence-electron chi connectivity index (χ2n) is 6.50. The number of aryl methyl sites for hydroxylation is 2. The zero-order chi connectivity index (χ0) is 19.8. The van der Waals surface area contributed by atoms with E-state index in [9.17, 15) is 19.8 Å². The molecule has 2 aromatic rings. The fraction of sp³-hybridized carbons (Fsp3) is 0.333. The van der Waals surface area contributed by atoms with Crippen molar-refractivity contribution in [3.8, 4) is 0 Å². The van der Waals surface area contributed by atoms with Crippen LogP contribution in [0.1, 0.15) is 30.4 Å². The SMILES string of the molecule is Cc1ccccc1N(CCCCCN(C(=O)O)c1ccccc1C)C(=O)O. The van der Waals surface area contributed by atoms with Crippen LogP contribution < -0.4 is 9.80 Å². The Morgan fingerprint density at radius 1 is 0.704 bits per heavy atom. The monoisotopic (exact) mass is 370 g/mol. The molecule has 0 aliphatic rings. The van der Waals surface area contributed by atoms with Crippen molar-refractivity contribution < 1.29 is 19.8 Å². The quantitative estimate of drug-likeness (QED) is 0.630. The predicted molar refractivity (Wildman–Crippen MR) is 107 cm³/mol. The minimum atomic E-state index is -0.976. The van der Waals surface area contributed by atoms with Gasteiger partial charge < -0.3 is 10.2 Å². The molecule has 0 radical (unpaired) electrons. The molecule has 2 N–H and O–H groups in total. The maximum Gasteiger partial charge on any atom is 0.411 e. The molecule has 6 heteroatoms. The van der Waals surface area contributed by atoms with E-state index in [2.05, 4.69) is 0 Å². The number of hydrogen-bond donors (Lipinski definition) is 2. The minimum absolute atomic E-state index is 0.387. The number of rotatable bonds is 8. The molecule has 0 aliphatic carbocycles. The number of unbranched alkanes of at least 4 members (excludes halogenated alkanes) is 2. The van der Waals surface area contributed by atoms with Crippen molar-refractivity contribution in [2.24, 2.45) is 0 Å². The van der Waals surface area contributed by atoms with Crippen LogP contribution in [-0.4, -0.2) is 35.5 Å². The number of benzene rings is 2. The number of amides is 2. The van der Waals surface area contributed by atoms with Crippen LogP contribution in [0, 0.1) is 13.8 Å². The zero-order valence-corrected chi connectivity index (χ0v) is 15.8. The van der Waals surface area contributed by atoms with Gasteiger partial charge in [0.15, 0.2) is 0 Å². The third-order valence-corrected chi connectivity index (χ3v) is 4.54. The molecule has 0 spiro atoms. The topological polar surface area (TPSA) is 81.1 Å². The third kappa shape index (κ3) is 5.48. The van der Waals surface area contributed by atoms with Gasteiger partial charge in [0.05, 0.1) is 0 Å². The highest BCUT2D eigenvalue weighted by atomic mass is 16.4. The van der Waals surface area contributed by atoms with Gasteiger partial charge in [0, 0.05) is 24.5 Å². The Hall–Kier alpha value is -3.02. The number of nitrogens with zero attached hydrogens (tertiary/aromatic N) is 2. The predicted octanol–water partition coefficient (Wildman–Crippen LogP) is 5.14. The largest absolute Gasteiger partial charge is 0.465 e. The summed E-state index contributed by atoms with van der Waals surface area (Å²) in [5.41, 5.74) is 3.21. The zero-order valence-electron chi connectivity index (χ0n) is 15.8. The van der Waals surface area contributed by atoms with Crippen molar-refractivity contribution in [1.82, 2.24) is 0 Å².